The summed E-state index contributed by atoms with van der Waals surface area (Å²) in [6.45, 7) is 11.2. The number of hydrogen-bond donors (Lipinski definition) is 0. The van der Waals surface area contributed by atoms with Crippen LogP contribution in [0.3, 0.4) is 0 Å². The molecule has 2 aliphatic rings. The second kappa shape index (κ2) is 5.69. The molecule has 0 radical (unpaired) electrons. The molecule has 3 nitrogen and oxygen atoms in total. The van der Waals surface area contributed by atoms with Crippen molar-refractivity contribution >= 4 is 0 Å². The Morgan fingerprint density at radius 2 is 1.57 bits per heavy atom. The molecule has 0 N–H and O–H groups in total. The van der Waals surface area contributed by atoms with Crippen LogP contribution in [0.4, 0.5) is 0 Å². The highest BCUT2D eigenvalue weighted by atomic mass is 16.7. The van der Waals surface area contributed by atoms with E-state index in [4.69, 9.17) is 9.47 Å². The maximum absolute atomic E-state index is 5.63. The van der Waals surface area contributed by atoms with Crippen LogP contribution in [0.2, 0.25) is 0 Å². The Bertz CT molecular complexity index is 145. The molecular formula is C11H23NO2. The predicted octanol–water partition coefficient (Wildman–Crippen LogP) is 1.87. The minimum Gasteiger partial charge on any atom is -0.347 e. The highest BCUT2D eigenvalue weighted by Crippen LogP contribution is 2.30. The first kappa shape index (κ1) is 12.0. The van der Waals surface area contributed by atoms with Crippen LogP contribution < -0.4 is 0 Å². The van der Waals surface area contributed by atoms with Crippen LogP contribution in [0.1, 0.15) is 33.6 Å². The third-order valence-electron chi connectivity index (χ3n) is 2.88. The number of rotatable bonds is 1. The summed E-state index contributed by atoms with van der Waals surface area (Å²) in [6.07, 6.45) is 2.08. The number of hydrogen-bond acceptors (Lipinski definition) is 3. The van der Waals surface area contributed by atoms with E-state index in [0.29, 0.717) is 0 Å². The lowest BCUT2D eigenvalue weighted by molar-refractivity contribution is -0.184. The third-order valence-corrected chi connectivity index (χ3v) is 2.88. The van der Waals surface area contributed by atoms with E-state index >= 15 is 0 Å². The molecule has 84 valence electrons. The van der Waals surface area contributed by atoms with Crippen molar-refractivity contribution in [2.45, 2.75) is 39.4 Å². The third kappa shape index (κ3) is 2.69. The summed E-state index contributed by atoms with van der Waals surface area (Å²) in [4.78, 5) is 2.44. The summed E-state index contributed by atoms with van der Waals surface area (Å²) in [5.41, 5.74) is 0. The molecule has 0 unspecified atom stereocenters. The van der Waals surface area contributed by atoms with E-state index in [1.54, 1.807) is 0 Å². The highest BCUT2D eigenvalue weighted by molar-refractivity contribution is 4.81. The summed E-state index contributed by atoms with van der Waals surface area (Å²) in [6, 6.07) is 0. The normalized spacial score (nSPS) is 25.9. The van der Waals surface area contributed by atoms with Gasteiger partial charge in [-0.2, -0.15) is 0 Å². The van der Waals surface area contributed by atoms with Crippen LogP contribution in [0.25, 0.3) is 0 Å². The summed E-state index contributed by atoms with van der Waals surface area (Å²) < 4.78 is 11.3. The first-order valence-corrected chi connectivity index (χ1v) is 5.85. The second-order valence-electron chi connectivity index (χ2n) is 3.54. The fourth-order valence-corrected chi connectivity index (χ4v) is 2.00. The van der Waals surface area contributed by atoms with Gasteiger partial charge in [0, 0.05) is 25.9 Å². The van der Waals surface area contributed by atoms with Crippen LogP contribution in [-0.4, -0.2) is 43.5 Å². The summed E-state index contributed by atoms with van der Waals surface area (Å²) in [7, 11) is 0. The monoisotopic (exact) mass is 201 g/mol. The van der Waals surface area contributed by atoms with E-state index < -0.39 is 0 Å². The Labute approximate surface area is 87.4 Å². The first-order valence-electron chi connectivity index (χ1n) is 5.85. The molecule has 0 aliphatic carbocycles. The number of likely N-dealkylation sites (tertiary alicyclic amines) is 1. The topological polar surface area (TPSA) is 21.7 Å². The smallest absolute Gasteiger partial charge is 0.170 e. The van der Waals surface area contributed by atoms with Crippen LogP contribution in [0, 0.1) is 0 Å². The molecule has 2 heterocycles. The molecule has 0 atom stereocenters. The Morgan fingerprint density at radius 1 is 1.07 bits per heavy atom. The molecule has 3 heteroatoms. The molecule has 0 saturated carbocycles. The van der Waals surface area contributed by atoms with Gasteiger partial charge < -0.3 is 14.4 Å². The lowest BCUT2D eigenvalue weighted by Crippen LogP contribution is -2.44. The van der Waals surface area contributed by atoms with Crippen molar-refractivity contribution < 1.29 is 9.47 Å². The zero-order valence-electron chi connectivity index (χ0n) is 9.71. The number of ether oxygens (including phenoxy) is 2. The van der Waals surface area contributed by atoms with E-state index in [-0.39, 0.29) is 5.79 Å². The zero-order valence-corrected chi connectivity index (χ0v) is 9.71. The van der Waals surface area contributed by atoms with Gasteiger partial charge in [-0.3, -0.25) is 0 Å². The molecule has 2 saturated heterocycles. The van der Waals surface area contributed by atoms with E-state index in [0.717, 1.165) is 45.7 Å². The van der Waals surface area contributed by atoms with Gasteiger partial charge in [0.15, 0.2) is 5.79 Å². The zero-order chi connectivity index (χ0) is 10.4. The second-order valence-corrected chi connectivity index (χ2v) is 3.54. The maximum Gasteiger partial charge on any atom is 0.170 e. The van der Waals surface area contributed by atoms with Gasteiger partial charge in [-0.05, 0) is 6.54 Å². The van der Waals surface area contributed by atoms with E-state index in [1.165, 1.54) is 0 Å². The summed E-state index contributed by atoms with van der Waals surface area (Å²) in [5.74, 6) is -0.189. The molecule has 0 amide bonds. The lowest BCUT2D eigenvalue weighted by Gasteiger charge is -2.36. The van der Waals surface area contributed by atoms with E-state index in [2.05, 4.69) is 11.8 Å². The minimum atomic E-state index is -0.189. The molecule has 0 bridgehead atoms. The van der Waals surface area contributed by atoms with Gasteiger partial charge >= 0.3 is 0 Å². The fourth-order valence-electron chi connectivity index (χ4n) is 2.00. The van der Waals surface area contributed by atoms with Crippen molar-refractivity contribution in [3.8, 4) is 0 Å². The van der Waals surface area contributed by atoms with Crippen molar-refractivity contribution in [2.24, 2.45) is 0 Å². The van der Waals surface area contributed by atoms with Gasteiger partial charge in [0.1, 0.15) is 0 Å². The standard InChI is InChI=1S/C9H17NO2.C2H6/c1-2-10-5-3-9(4-6-10)11-7-8-12-9;1-2/h2-8H2,1H3;1-2H3. The van der Waals surface area contributed by atoms with Crippen LogP contribution >= 0.6 is 0 Å². The molecule has 0 aromatic heterocycles. The van der Waals surface area contributed by atoms with Gasteiger partial charge in [0.25, 0.3) is 0 Å². The predicted molar refractivity (Wildman–Crippen MR) is 57.3 cm³/mol. The van der Waals surface area contributed by atoms with Gasteiger partial charge in [0.05, 0.1) is 13.2 Å². The molecule has 0 aromatic rings. The number of nitrogens with zero attached hydrogens (tertiary/aromatic N) is 1. The highest BCUT2D eigenvalue weighted by Gasteiger charge is 2.39. The van der Waals surface area contributed by atoms with Crippen molar-refractivity contribution in [1.82, 2.24) is 4.90 Å². The molecule has 14 heavy (non-hydrogen) atoms. The van der Waals surface area contributed by atoms with Gasteiger partial charge in [-0.15, -0.1) is 0 Å². The average molecular weight is 201 g/mol. The van der Waals surface area contributed by atoms with Crippen LogP contribution in [0.5, 0.6) is 0 Å². The molecular weight excluding hydrogens is 178 g/mol. The molecule has 0 aromatic carbocycles. The van der Waals surface area contributed by atoms with Crippen LogP contribution in [0.15, 0.2) is 0 Å². The summed E-state index contributed by atoms with van der Waals surface area (Å²) >= 11 is 0. The van der Waals surface area contributed by atoms with Gasteiger partial charge in [-0.25, -0.2) is 0 Å². The minimum absolute atomic E-state index is 0.189. The van der Waals surface area contributed by atoms with Crippen molar-refractivity contribution in [1.29, 1.82) is 0 Å². The largest absolute Gasteiger partial charge is 0.347 e. The van der Waals surface area contributed by atoms with Crippen molar-refractivity contribution in [2.75, 3.05) is 32.8 Å². The fraction of sp³-hybridized carbons (Fsp3) is 1.00. The average Bonchev–Trinajstić information content (AvgIpc) is 2.71. The van der Waals surface area contributed by atoms with Crippen molar-refractivity contribution in [3.05, 3.63) is 0 Å². The van der Waals surface area contributed by atoms with E-state index in [1.807, 2.05) is 13.8 Å². The van der Waals surface area contributed by atoms with Crippen LogP contribution in [-0.2, 0) is 9.47 Å². The Kier molecular flexibility index (Phi) is 4.85. The SMILES string of the molecule is CC.CCN1CCC2(CC1)OCCO2. The Morgan fingerprint density at radius 3 is 2.00 bits per heavy atom. The Hall–Kier alpha value is -0.120. The molecule has 1 spiro atoms. The lowest BCUT2D eigenvalue weighted by atomic mass is 10.0. The van der Waals surface area contributed by atoms with E-state index in [9.17, 15) is 0 Å². The summed E-state index contributed by atoms with van der Waals surface area (Å²) in [5, 5.41) is 0. The van der Waals surface area contributed by atoms with Gasteiger partial charge in [0.2, 0.25) is 0 Å². The molecule has 2 rings (SSSR count). The van der Waals surface area contributed by atoms with Crippen molar-refractivity contribution in [3.63, 3.8) is 0 Å². The maximum atomic E-state index is 5.63. The molecule has 2 fully saturated rings. The molecule has 2 aliphatic heterocycles. The Balaban J connectivity index is 0.000000461. The first-order chi connectivity index (χ1) is 6.85. The van der Waals surface area contributed by atoms with Gasteiger partial charge in [-0.1, -0.05) is 20.8 Å². The number of piperidine rings is 1. The quantitative estimate of drug-likeness (QED) is 0.646.